The first kappa shape index (κ1) is 26.6. The molecule has 1 aliphatic heterocycles. The van der Waals surface area contributed by atoms with Crippen LogP contribution in [0.2, 0.25) is 5.04 Å². The molecule has 0 N–H and O–H groups in total. The molecule has 2 aromatic rings. The van der Waals surface area contributed by atoms with E-state index in [2.05, 4.69) is 49.9 Å². The summed E-state index contributed by atoms with van der Waals surface area (Å²) >= 11 is 0. The Morgan fingerprint density at radius 2 is 1.46 bits per heavy atom. The first-order valence-corrected chi connectivity index (χ1v) is 13.6. The minimum atomic E-state index is -2.85. The van der Waals surface area contributed by atoms with Gasteiger partial charge in [0, 0.05) is 13.8 Å². The third-order valence-electron chi connectivity index (χ3n) is 6.24. The summed E-state index contributed by atoms with van der Waals surface area (Å²) in [5.74, 6) is -1.58. The first-order chi connectivity index (χ1) is 16.6. The van der Waals surface area contributed by atoms with E-state index in [1.54, 1.807) is 0 Å². The molecule has 35 heavy (non-hydrogen) atoms. The molecule has 0 radical (unpaired) electrons. The Bertz CT molecular complexity index is 1010. The minimum absolute atomic E-state index is 0.0461. The fraction of sp³-hybridized carbons (Fsp3) is 0.444. The smallest absolute Gasteiger partial charge is 0.305 e. The van der Waals surface area contributed by atoms with Crippen LogP contribution in [0, 0.1) is 12.5 Å². The van der Waals surface area contributed by atoms with Crippen LogP contribution in [0.3, 0.4) is 0 Å². The Labute approximate surface area is 208 Å². The summed E-state index contributed by atoms with van der Waals surface area (Å²) in [5, 5.41) is 1.99. The third kappa shape index (κ3) is 5.81. The molecule has 1 fully saturated rings. The van der Waals surface area contributed by atoms with E-state index in [0.717, 1.165) is 10.4 Å². The Kier molecular flexibility index (Phi) is 8.49. The summed E-state index contributed by atoms with van der Waals surface area (Å²) in [5.41, 5.74) is 0. The van der Waals surface area contributed by atoms with Crippen molar-refractivity contribution in [2.75, 3.05) is 13.2 Å². The molecular weight excluding hydrogens is 462 g/mol. The predicted octanol–water partition coefficient (Wildman–Crippen LogP) is 3.32. The highest BCUT2D eigenvalue weighted by atomic mass is 28.4. The number of carbonyl (C=O) groups is 2. The number of rotatable bonds is 8. The van der Waals surface area contributed by atoms with Gasteiger partial charge in [0.15, 0.2) is 6.10 Å². The van der Waals surface area contributed by atoms with Crippen LogP contribution in [-0.2, 0) is 28.2 Å². The second-order valence-electron chi connectivity index (χ2n) is 9.71. The maximum Gasteiger partial charge on any atom is 0.305 e. The summed E-state index contributed by atoms with van der Waals surface area (Å²) in [4.78, 5) is 27.0. The van der Waals surface area contributed by atoms with Gasteiger partial charge in [-0.25, -0.2) is 6.57 Å². The van der Waals surface area contributed by atoms with Crippen molar-refractivity contribution in [3.05, 3.63) is 72.1 Å². The molecule has 0 aliphatic carbocycles. The molecule has 1 aliphatic rings. The predicted molar refractivity (Wildman–Crippen MR) is 135 cm³/mol. The van der Waals surface area contributed by atoms with Gasteiger partial charge < -0.3 is 23.5 Å². The molecule has 0 saturated carbocycles. The van der Waals surface area contributed by atoms with Crippen molar-refractivity contribution in [3.8, 4) is 0 Å². The lowest BCUT2D eigenvalue weighted by molar-refractivity contribution is -0.195. The van der Waals surface area contributed by atoms with E-state index in [1.165, 1.54) is 13.8 Å². The van der Waals surface area contributed by atoms with Crippen molar-refractivity contribution in [2.45, 2.75) is 58.2 Å². The summed E-state index contributed by atoms with van der Waals surface area (Å²) in [7, 11) is -2.85. The van der Waals surface area contributed by atoms with Crippen LogP contribution >= 0.6 is 0 Å². The SMILES string of the molecule is [C-]#[N+]C[C@@H]1[C@@H](CO[Si](c2ccccc2)(c2ccccc2)C(C)(C)C)OC(OC(C)=O)[C@@H]1OC(C)=O. The van der Waals surface area contributed by atoms with Crippen molar-refractivity contribution < 1.29 is 28.2 Å². The zero-order chi connectivity index (χ0) is 25.6. The Balaban J connectivity index is 2.01. The second kappa shape index (κ2) is 11.2. The Morgan fingerprint density at radius 1 is 0.943 bits per heavy atom. The second-order valence-corrected chi connectivity index (χ2v) is 14.0. The van der Waals surface area contributed by atoms with E-state index in [0.29, 0.717) is 0 Å². The summed E-state index contributed by atoms with van der Waals surface area (Å²) < 4.78 is 23.8. The van der Waals surface area contributed by atoms with Crippen molar-refractivity contribution in [3.63, 3.8) is 0 Å². The van der Waals surface area contributed by atoms with E-state index in [4.69, 9.17) is 25.2 Å². The fourth-order valence-electron chi connectivity index (χ4n) is 4.82. The number of nitrogens with zero attached hydrogens (tertiary/aromatic N) is 1. The van der Waals surface area contributed by atoms with Gasteiger partial charge in [-0.3, -0.25) is 9.59 Å². The van der Waals surface area contributed by atoms with Crippen LogP contribution in [-0.4, -0.2) is 51.9 Å². The summed E-state index contributed by atoms with van der Waals surface area (Å²) in [6.45, 7) is 16.7. The number of carbonyl (C=O) groups excluding carboxylic acids is 2. The molecule has 1 unspecified atom stereocenters. The van der Waals surface area contributed by atoms with E-state index < -0.39 is 44.7 Å². The maximum atomic E-state index is 11.8. The van der Waals surface area contributed by atoms with Crippen LogP contribution in [0.1, 0.15) is 34.6 Å². The van der Waals surface area contributed by atoms with Gasteiger partial charge in [-0.15, -0.1) is 0 Å². The number of benzene rings is 2. The number of ether oxygens (including phenoxy) is 3. The minimum Gasteiger partial charge on any atom is -0.455 e. The van der Waals surface area contributed by atoms with E-state index in [9.17, 15) is 9.59 Å². The molecular formula is C27H33NO6Si. The summed E-state index contributed by atoms with van der Waals surface area (Å²) in [6, 6.07) is 20.4. The average molecular weight is 496 g/mol. The lowest BCUT2D eigenvalue weighted by atomic mass is 9.99. The van der Waals surface area contributed by atoms with Crippen LogP contribution in [0.4, 0.5) is 0 Å². The molecule has 7 nitrogen and oxygen atoms in total. The quantitative estimate of drug-likeness (QED) is 0.318. The number of hydrogen-bond donors (Lipinski definition) is 0. The molecule has 3 rings (SSSR count). The van der Waals surface area contributed by atoms with Gasteiger partial charge in [-0.05, 0) is 15.4 Å². The van der Waals surface area contributed by atoms with Gasteiger partial charge >= 0.3 is 11.9 Å². The standard InChI is InChI=1S/C27H33NO6Si/c1-19(29)32-25-23(17-28-6)24(34-26(25)33-20(2)30)18-31-35(27(3,4)5,21-13-9-7-10-14-21)22-15-11-8-12-16-22/h7-16,23-26H,17-18H2,1-5H3/t23-,24-,25-,26?/m1/s1. The van der Waals surface area contributed by atoms with Crippen LogP contribution in [0.25, 0.3) is 4.85 Å². The van der Waals surface area contributed by atoms with E-state index in [1.807, 2.05) is 36.4 Å². The van der Waals surface area contributed by atoms with Gasteiger partial charge in [-0.2, -0.15) is 0 Å². The summed E-state index contributed by atoms with van der Waals surface area (Å²) in [6.07, 6.45) is -2.56. The lowest BCUT2D eigenvalue weighted by Gasteiger charge is -2.43. The van der Waals surface area contributed by atoms with E-state index >= 15 is 0 Å². The van der Waals surface area contributed by atoms with Crippen molar-refractivity contribution in [1.82, 2.24) is 0 Å². The molecule has 0 amide bonds. The Hall–Kier alpha value is -2.99. The number of hydrogen-bond acceptors (Lipinski definition) is 6. The normalized spacial score (nSPS) is 22.3. The van der Waals surface area contributed by atoms with Crippen LogP contribution in [0.5, 0.6) is 0 Å². The molecule has 1 saturated heterocycles. The average Bonchev–Trinajstić information content (AvgIpc) is 3.10. The Morgan fingerprint density at radius 3 is 1.89 bits per heavy atom. The van der Waals surface area contributed by atoms with Gasteiger partial charge in [-0.1, -0.05) is 81.4 Å². The zero-order valence-electron chi connectivity index (χ0n) is 20.9. The van der Waals surface area contributed by atoms with Gasteiger partial charge in [0.25, 0.3) is 8.32 Å². The molecule has 0 aromatic heterocycles. The van der Waals surface area contributed by atoms with E-state index in [-0.39, 0.29) is 18.2 Å². The molecule has 1 heterocycles. The van der Waals surface area contributed by atoms with Gasteiger partial charge in [0.1, 0.15) is 5.92 Å². The molecule has 8 heteroatoms. The highest BCUT2D eigenvalue weighted by Gasteiger charge is 2.54. The maximum absolute atomic E-state index is 11.8. The lowest BCUT2D eigenvalue weighted by Crippen LogP contribution is -2.67. The van der Waals surface area contributed by atoms with Crippen molar-refractivity contribution in [2.24, 2.45) is 5.92 Å². The molecule has 4 atom stereocenters. The topological polar surface area (TPSA) is 75.4 Å². The molecule has 0 spiro atoms. The third-order valence-corrected chi connectivity index (χ3v) is 11.2. The van der Waals surface area contributed by atoms with Gasteiger partial charge in [0.2, 0.25) is 12.8 Å². The highest BCUT2D eigenvalue weighted by Crippen LogP contribution is 2.38. The highest BCUT2D eigenvalue weighted by molar-refractivity contribution is 6.99. The van der Waals surface area contributed by atoms with Crippen molar-refractivity contribution >= 4 is 30.6 Å². The van der Waals surface area contributed by atoms with Crippen LogP contribution < -0.4 is 10.4 Å². The number of esters is 2. The fourth-order valence-corrected chi connectivity index (χ4v) is 9.39. The molecule has 2 aromatic carbocycles. The van der Waals surface area contributed by atoms with Crippen molar-refractivity contribution in [1.29, 1.82) is 0 Å². The van der Waals surface area contributed by atoms with Gasteiger partial charge in [0.05, 0.1) is 12.7 Å². The first-order valence-electron chi connectivity index (χ1n) is 11.7. The molecule has 0 bridgehead atoms. The monoisotopic (exact) mass is 495 g/mol. The zero-order valence-corrected chi connectivity index (χ0v) is 21.9. The molecule has 186 valence electrons. The largest absolute Gasteiger partial charge is 0.455 e. The van der Waals surface area contributed by atoms with Crippen LogP contribution in [0.15, 0.2) is 60.7 Å².